The van der Waals surface area contributed by atoms with Gasteiger partial charge >= 0.3 is 0 Å². The van der Waals surface area contributed by atoms with Gasteiger partial charge < -0.3 is 10.2 Å². The van der Waals surface area contributed by atoms with Gasteiger partial charge in [0.25, 0.3) is 0 Å². The van der Waals surface area contributed by atoms with Crippen molar-refractivity contribution in [2.45, 2.75) is 77.9 Å². The minimum absolute atomic E-state index is 0.135. The van der Waals surface area contributed by atoms with Crippen molar-refractivity contribution in [3.8, 4) is 12.3 Å². The van der Waals surface area contributed by atoms with E-state index in [4.69, 9.17) is 6.42 Å². The van der Waals surface area contributed by atoms with Crippen LogP contribution in [-0.2, 0) is 0 Å². The van der Waals surface area contributed by atoms with Gasteiger partial charge in [0.1, 0.15) is 5.60 Å². The molecular weight excluding hydrogens is 308 g/mol. The molecule has 0 spiro atoms. The molecule has 0 heterocycles. The van der Waals surface area contributed by atoms with Crippen LogP contribution in [0, 0.1) is 53.3 Å². The Balaban J connectivity index is 1.78. The SMILES string of the molecule is C#C[C@]1(O)[C@H](C)CC2C3C(C)CC4=C(CC[C@@H](O)C4)C3[C@@H](C)C[C@@]21C. The van der Waals surface area contributed by atoms with E-state index in [2.05, 4.69) is 33.6 Å². The number of hydrogen-bond acceptors (Lipinski definition) is 2. The van der Waals surface area contributed by atoms with Crippen molar-refractivity contribution in [2.24, 2.45) is 40.9 Å². The van der Waals surface area contributed by atoms with Gasteiger partial charge in [0.2, 0.25) is 0 Å². The van der Waals surface area contributed by atoms with Crippen molar-refractivity contribution >= 4 is 0 Å². The summed E-state index contributed by atoms with van der Waals surface area (Å²) in [6.45, 7) is 9.21. The quantitative estimate of drug-likeness (QED) is 0.512. The van der Waals surface area contributed by atoms with Crippen molar-refractivity contribution in [3.63, 3.8) is 0 Å². The molecule has 4 rings (SSSR count). The number of aliphatic hydroxyl groups excluding tert-OH is 1. The summed E-state index contributed by atoms with van der Waals surface area (Å²) in [5.41, 5.74) is 2.10. The van der Waals surface area contributed by atoms with E-state index in [0.29, 0.717) is 29.6 Å². The monoisotopic (exact) mass is 342 g/mol. The highest BCUT2D eigenvalue weighted by Gasteiger charge is 2.66. The summed E-state index contributed by atoms with van der Waals surface area (Å²) in [6.07, 6.45) is 11.9. The molecule has 4 unspecified atom stereocenters. The molecule has 4 aliphatic carbocycles. The molecule has 0 aromatic rings. The van der Waals surface area contributed by atoms with Crippen LogP contribution in [0.5, 0.6) is 0 Å². The number of aliphatic hydroxyl groups is 2. The second kappa shape index (κ2) is 5.61. The van der Waals surface area contributed by atoms with Gasteiger partial charge in [0, 0.05) is 5.41 Å². The molecule has 0 aliphatic heterocycles. The van der Waals surface area contributed by atoms with Crippen LogP contribution in [-0.4, -0.2) is 21.9 Å². The number of allylic oxidation sites excluding steroid dienone is 1. The largest absolute Gasteiger partial charge is 0.393 e. The van der Waals surface area contributed by atoms with Crippen molar-refractivity contribution in [2.75, 3.05) is 0 Å². The number of terminal acetylenes is 1. The summed E-state index contributed by atoms with van der Waals surface area (Å²) in [5.74, 6) is 5.96. The van der Waals surface area contributed by atoms with Crippen LogP contribution in [0.25, 0.3) is 0 Å². The number of fused-ring (bicyclic) bond motifs is 4. The molecule has 0 saturated heterocycles. The zero-order valence-corrected chi connectivity index (χ0v) is 16.3. The van der Waals surface area contributed by atoms with Gasteiger partial charge in [-0.1, -0.05) is 44.8 Å². The maximum Gasteiger partial charge on any atom is 0.133 e. The summed E-state index contributed by atoms with van der Waals surface area (Å²) >= 11 is 0. The highest BCUT2D eigenvalue weighted by Crippen LogP contribution is 2.67. The molecule has 25 heavy (non-hydrogen) atoms. The van der Waals surface area contributed by atoms with Crippen LogP contribution in [0.4, 0.5) is 0 Å². The molecule has 0 amide bonds. The lowest BCUT2D eigenvalue weighted by molar-refractivity contribution is -0.108. The molecule has 0 radical (unpaired) electrons. The first kappa shape index (κ1) is 17.6. The summed E-state index contributed by atoms with van der Waals surface area (Å²) in [5, 5.41) is 21.5. The van der Waals surface area contributed by atoms with E-state index < -0.39 is 5.60 Å². The first-order chi connectivity index (χ1) is 11.7. The van der Waals surface area contributed by atoms with E-state index in [1.165, 1.54) is 0 Å². The second-order valence-corrected chi connectivity index (χ2v) is 10.1. The molecule has 0 bridgehead atoms. The van der Waals surface area contributed by atoms with E-state index in [1.54, 1.807) is 11.1 Å². The topological polar surface area (TPSA) is 40.5 Å². The molecule has 2 nitrogen and oxygen atoms in total. The van der Waals surface area contributed by atoms with Gasteiger partial charge in [-0.05, 0) is 74.0 Å². The van der Waals surface area contributed by atoms with E-state index in [-0.39, 0.29) is 17.4 Å². The van der Waals surface area contributed by atoms with E-state index in [9.17, 15) is 10.2 Å². The number of rotatable bonds is 0. The first-order valence-corrected chi connectivity index (χ1v) is 10.3. The molecule has 0 aromatic carbocycles. The molecule has 2 saturated carbocycles. The lowest BCUT2D eigenvalue weighted by atomic mass is 9.47. The normalized spacial score (nSPS) is 55.2. The maximum atomic E-state index is 11.4. The van der Waals surface area contributed by atoms with Gasteiger partial charge in [-0.2, -0.15) is 0 Å². The van der Waals surface area contributed by atoms with Crippen molar-refractivity contribution < 1.29 is 10.2 Å². The Labute approximate surface area is 153 Å². The van der Waals surface area contributed by atoms with Crippen LogP contribution >= 0.6 is 0 Å². The summed E-state index contributed by atoms with van der Waals surface area (Å²) in [4.78, 5) is 0. The molecular formula is C23H34O2. The van der Waals surface area contributed by atoms with Gasteiger partial charge in [-0.15, -0.1) is 6.42 Å². The van der Waals surface area contributed by atoms with Crippen LogP contribution in [0.3, 0.4) is 0 Å². The molecule has 2 heteroatoms. The van der Waals surface area contributed by atoms with Gasteiger partial charge in [0.15, 0.2) is 0 Å². The Hall–Kier alpha value is -0.780. The Morgan fingerprint density at radius 2 is 1.88 bits per heavy atom. The fraction of sp³-hybridized carbons (Fsp3) is 0.826. The van der Waals surface area contributed by atoms with Crippen LogP contribution in [0.2, 0.25) is 0 Å². The summed E-state index contributed by atoms with van der Waals surface area (Å²) in [6, 6.07) is 0. The maximum absolute atomic E-state index is 11.4. The lowest BCUT2D eigenvalue weighted by Crippen LogP contribution is -2.55. The second-order valence-electron chi connectivity index (χ2n) is 10.1. The first-order valence-electron chi connectivity index (χ1n) is 10.3. The van der Waals surface area contributed by atoms with Crippen molar-refractivity contribution in [3.05, 3.63) is 11.1 Å². The minimum atomic E-state index is -0.964. The molecule has 9 atom stereocenters. The van der Waals surface area contributed by atoms with Gasteiger partial charge in [-0.25, -0.2) is 0 Å². The average Bonchev–Trinajstić information content (AvgIpc) is 2.75. The molecule has 2 N–H and O–H groups in total. The van der Waals surface area contributed by atoms with Gasteiger partial charge in [0.05, 0.1) is 6.10 Å². The van der Waals surface area contributed by atoms with Crippen LogP contribution < -0.4 is 0 Å². The standard InChI is InChI=1S/C23H34O2/c1-6-23(25)15(4)10-19-21-13(2)9-16-11-17(24)7-8-18(16)20(21)14(3)12-22(19,23)5/h1,13-15,17,19-21,24-25H,7-12H2,2-5H3/t13?,14-,15+,17+,19?,20?,21?,22-,23-/m0/s1. The van der Waals surface area contributed by atoms with Crippen molar-refractivity contribution in [1.29, 1.82) is 0 Å². The fourth-order valence-corrected chi connectivity index (χ4v) is 7.76. The molecule has 138 valence electrons. The number of hydrogen-bond donors (Lipinski definition) is 2. The van der Waals surface area contributed by atoms with Crippen LogP contribution in [0.1, 0.15) is 66.2 Å². The predicted molar refractivity (Wildman–Crippen MR) is 101 cm³/mol. The highest BCUT2D eigenvalue weighted by atomic mass is 16.3. The molecule has 4 aliphatic rings. The third-order valence-corrected chi connectivity index (χ3v) is 8.78. The minimum Gasteiger partial charge on any atom is -0.393 e. The van der Waals surface area contributed by atoms with E-state index in [0.717, 1.165) is 38.5 Å². The van der Waals surface area contributed by atoms with Crippen LogP contribution in [0.15, 0.2) is 11.1 Å². The lowest BCUT2D eigenvalue weighted by Gasteiger charge is -2.58. The zero-order valence-electron chi connectivity index (χ0n) is 16.3. The zero-order chi connectivity index (χ0) is 18.1. The third kappa shape index (κ3) is 2.18. The Kier molecular flexibility index (Phi) is 3.95. The Bertz CT molecular complexity index is 643. The fourth-order valence-electron chi connectivity index (χ4n) is 7.76. The van der Waals surface area contributed by atoms with E-state index in [1.807, 2.05) is 0 Å². The summed E-state index contributed by atoms with van der Waals surface area (Å²) in [7, 11) is 0. The summed E-state index contributed by atoms with van der Waals surface area (Å²) < 4.78 is 0. The van der Waals surface area contributed by atoms with E-state index >= 15 is 0 Å². The third-order valence-electron chi connectivity index (χ3n) is 8.78. The smallest absolute Gasteiger partial charge is 0.133 e. The Morgan fingerprint density at radius 1 is 1.16 bits per heavy atom. The molecule has 0 aromatic heterocycles. The van der Waals surface area contributed by atoms with Crippen molar-refractivity contribution in [1.82, 2.24) is 0 Å². The molecule has 2 fully saturated rings. The highest BCUT2D eigenvalue weighted by molar-refractivity contribution is 5.32. The predicted octanol–water partition coefficient (Wildman–Crippen LogP) is 4.17. The Morgan fingerprint density at radius 3 is 2.56 bits per heavy atom. The van der Waals surface area contributed by atoms with Gasteiger partial charge in [-0.3, -0.25) is 0 Å². The average molecular weight is 343 g/mol.